The van der Waals surface area contributed by atoms with Crippen LogP contribution in [0.2, 0.25) is 0 Å². The van der Waals surface area contributed by atoms with Crippen molar-refractivity contribution in [2.24, 2.45) is 0 Å². The van der Waals surface area contributed by atoms with Crippen LogP contribution in [0, 0.1) is 0 Å². The molecule has 0 aliphatic heterocycles. The lowest BCUT2D eigenvalue weighted by Gasteiger charge is -2.28. The smallest absolute Gasteiger partial charge is 0.145 e. The Morgan fingerprint density at radius 1 is 0.433 bits per heavy atom. The van der Waals surface area contributed by atoms with E-state index in [4.69, 9.17) is 4.98 Å². The summed E-state index contributed by atoms with van der Waals surface area (Å²) in [6.07, 6.45) is 0. The van der Waals surface area contributed by atoms with Crippen LogP contribution in [0.1, 0.15) is 25.0 Å². The van der Waals surface area contributed by atoms with Crippen LogP contribution >= 0.6 is 0 Å². The molecule has 4 heteroatoms. The lowest BCUT2D eigenvalue weighted by molar-refractivity contribution is 0.666. The molecule has 0 saturated heterocycles. The van der Waals surface area contributed by atoms with Gasteiger partial charge in [0.1, 0.15) is 5.82 Å². The van der Waals surface area contributed by atoms with E-state index in [9.17, 15) is 0 Å². The molecule has 0 fully saturated rings. The quantitative estimate of drug-likeness (QED) is 0.168. The predicted molar refractivity (Wildman–Crippen MR) is 251 cm³/mol. The maximum atomic E-state index is 5.28. The molecule has 11 aromatic rings. The van der Waals surface area contributed by atoms with Gasteiger partial charge >= 0.3 is 0 Å². The molecule has 0 unspecified atom stereocenters. The van der Waals surface area contributed by atoms with Crippen molar-refractivity contribution in [3.63, 3.8) is 0 Å². The summed E-state index contributed by atoms with van der Waals surface area (Å²) in [4.78, 5) is 7.69. The van der Waals surface area contributed by atoms with E-state index in [1.807, 2.05) is 0 Å². The summed E-state index contributed by atoms with van der Waals surface area (Å²) in [5.41, 5.74) is 16.2. The number of hydrogen-bond acceptors (Lipinski definition) is 2. The maximum absolute atomic E-state index is 5.28. The van der Waals surface area contributed by atoms with Crippen LogP contribution in [0.25, 0.3) is 77.5 Å². The molecule has 2 aromatic heterocycles. The molecule has 0 radical (unpaired) electrons. The molecule has 2 heterocycles. The van der Waals surface area contributed by atoms with E-state index in [0.717, 1.165) is 50.9 Å². The van der Waals surface area contributed by atoms with Crippen LogP contribution in [0.5, 0.6) is 0 Å². The second-order valence-corrected chi connectivity index (χ2v) is 16.4. The van der Waals surface area contributed by atoms with Crippen molar-refractivity contribution >= 4 is 60.7 Å². The third-order valence-corrected chi connectivity index (χ3v) is 12.7. The number of benzene rings is 9. The fraction of sp³-hybridized carbons (Fsp3) is 0.0536. The highest BCUT2D eigenvalue weighted by molar-refractivity contribution is 6.12. The molecule has 0 spiro atoms. The van der Waals surface area contributed by atoms with Crippen molar-refractivity contribution in [1.29, 1.82) is 0 Å². The summed E-state index contributed by atoms with van der Waals surface area (Å²) < 4.78 is 4.72. The summed E-state index contributed by atoms with van der Waals surface area (Å²) in [7, 11) is 0. The van der Waals surface area contributed by atoms with E-state index in [2.05, 4.69) is 234 Å². The summed E-state index contributed by atoms with van der Waals surface area (Å²) in [6.45, 7) is 4.79. The summed E-state index contributed by atoms with van der Waals surface area (Å²) in [6, 6.07) is 74.6. The summed E-state index contributed by atoms with van der Waals surface area (Å²) in [5.74, 6) is 0.945. The normalized spacial score (nSPS) is 13.0. The minimum Gasteiger partial charge on any atom is -0.310 e. The van der Waals surface area contributed by atoms with Crippen LogP contribution in [0.3, 0.4) is 0 Å². The second kappa shape index (κ2) is 13.2. The molecule has 60 heavy (non-hydrogen) atoms. The first-order valence-corrected chi connectivity index (χ1v) is 20.7. The highest BCUT2D eigenvalue weighted by atomic mass is 15.1. The van der Waals surface area contributed by atoms with Crippen LogP contribution in [0.4, 0.5) is 17.1 Å². The van der Waals surface area contributed by atoms with Gasteiger partial charge in [-0.15, -0.1) is 0 Å². The monoisotopic (exact) mass is 768 g/mol. The van der Waals surface area contributed by atoms with E-state index in [1.54, 1.807) is 0 Å². The number of fused-ring (bicyclic) bond motifs is 10. The SMILES string of the molecule is CC1(C)c2cc(N(c3ccccc3)c3ccc4c(c3)c3ccccc3n4-c3ccccc3)ccc2-c2ccc3c(ccc4nc(-c5ccccc5)n(-c5ccccc5)c43)c21. The third-order valence-electron chi connectivity index (χ3n) is 12.7. The van der Waals surface area contributed by atoms with E-state index >= 15 is 0 Å². The van der Waals surface area contributed by atoms with Crippen LogP contribution < -0.4 is 4.90 Å². The molecule has 1 aliphatic carbocycles. The maximum Gasteiger partial charge on any atom is 0.145 e. The van der Waals surface area contributed by atoms with Crippen molar-refractivity contribution in [2.75, 3.05) is 4.90 Å². The number of nitrogens with zero attached hydrogens (tertiary/aromatic N) is 4. The molecule has 0 N–H and O–H groups in total. The van der Waals surface area contributed by atoms with Gasteiger partial charge in [-0.05, 0) is 107 Å². The van der Waals surface area contributed by atoms with Crippen LogP contribution in [-0.2, 0) is 5.41 Å². The number of hydrogen-bond donors (Lipinski definition) is 0. The lowest BCUT2D eigenvalue weighted by atomic mass is 9.80. The van der Waals surface area contributed by atoms with Gasteiger partial charge in [0.2, 0.25) is 0 Å². The number of aromatic nitrogens is 3. The molecule has 1 aliphatic rings. The standard InChI is InChI=1S/C56H40N4/c1-56(2)49-36-42(58(38-19-9-4-10-20-38)41-28-34-52-48(35-41)44-25-15-16-26-51(44)59(52)39-21-11-5-12-22-39)27-29-43(49)45-30-31-47-46(53(45)56)32-33-50-54(47)60(40-23-13-6-14-24-40)55(57-50)37-17-7-3-8-18-37/h3-36H,1-2H3. The molecule has 0 atom stereocenters. The summed E-state index contributed by atoms with van der Waals surface area (Å²) >= 11 is 0. The largest absolute Gasteiger partial charge is 0.310 e. The average molecular weight is 769 g/mol. The lowest BCUT2D eigenvalue weighted by Crippen LogP contribution is -2.17. The second-order valence-electron chi connectivity index (χ2n) is 16.4. The molecule has 0 bridgehead atoms. The Hall–Kier alpha value is -7.69. The molecular formula is C56H40N4. The third kappa shape index (κ3) is 5.07. The fourth-order valence-electron chi connectivity index (χ4n) is 10.0. The van der Waals surface area contributed by atoms with E-state index in [1.165, 1.54) is 54.8 Å². The summed E-state index contributed by atoms with van der Waals surface area (Å²) in [5, 5.41) is 4.94. The fourth-order valence-corrected chi connectivity index (χ4v) is 10.0. The predicted octanol–water partition coefficient (Wildman–Crippen LogP) is 14.7. The highest BCUT2D eigenvalue weighted by Gasteiger charge is 2.38. The Kier molecular flexibility index (Phi) is 7.54. The Balaban J connectivity index is 1.03. The van der Waals surface area contributed by atoms with Crippen molar-refractivity contribution in [3.8, 4) is 33.9 Å². The molecular weight excluding hydrogens is 729 g/mol. The highest BCUT2D eigenvalue weighted by Crippen LogP contribution is 2.54. The van der Waals surface area contributed by atoms with Gasteiger partial charge in [-0.2, -0.15) is 0 Å². The zero-order valence-corrected chi connectivity index (χ0v) is 33.4. The first-order valence-electron chi connectivity index (χ1n) is 20.7. The van der Waals surface area contributed by atoms with E-state index in [0.29, 0.717) is 0 Å². The van der Waals surface area contributed by atoms with Gasteiger partial charge < -0.3 is 9.47 Å². The van der Waals surface area contributed by atoms with Crippen molar-refractivity contribution in [1.82, 2.24) is 14.1 Å². The Morgan fingerprint density at radius 2 is 1.02 bits per heavy atom. The molecule has 0 saturated carbocycles. The Bertz CT molecular complexity index is 3440. The minimum atomic E-state index is -0.275. The molecule has 4 nitrogen and oxygen atoms in total. The van der Waals surface area contributed by atoms with Gasteiger partial charge in [-0.25, -0.2) is 4.98 Å². The van der Waals surface area contributed by atoms with E-state index in [-0.39, 0.29) is 5.41 Å². The van der Waals surface area contributed by atoms with Crippen molar-refractivity contribution in [3.05, 3.63) is 217 Å². The number of anilines is 3. The van der Waals surface area contributed by atoms with E-state index < -0.39 is 0 Å². The average Bonchev–Trinajstić information content (AvgIpc) is 3.93. The zero-order valence-electron chi connectivity index (χ0n) is 33.4. The van der Waals surface area contributed by atoms with Gasteiger partial charge in [0.05, 0.1) is 22.1 Å². The zero-order chi connectivity index (χ0) is 40.0. The van der Waals surface area contributed by atoms with Gasteiger partial charge in [0, 0.05) is 55.6 Å². The molecule has 284 valence electrons. The number of para-hydroxylation sites is 4. The molecule has 12 rings (SSSR count). The number of rotatable bonds is 6. The first-order chi connectivity index (χ1) is 29.5. The molecule has 0 amide bonds. The van der Waals surface area contributed by atoms with Crippen molar-refractivity contribution in [2.45, 2.75) is 19.3 Å². The number of imidazole rings is 1. The molecule has 9 aromatic carbocycles. The van der Waals surface area contributed by atoms with Crippen molar-refractivity contribution < 1.29 is 0 Å². The Morgan fingerprint density at radius 3 is 1.77 bits per heavy atom. The topological polar surface area (TPSA) is 26.0 Å². The Labute approximate surface area is 348 Å². The minimum absolute atomic E-state index is 0.275. The van der Waals surface area contributed by atoms with Gasteiger partial charge in [-0.3, -0.25) is 4.57 Å². The van der Waals surface area contributed by atoms with Gasteiger partial charge in [0.15, 0.2) is 0 Å². The first kappa shape index (κ1) is 34.4. The van der Waals surface area contributed by atoms with Gasteiger partial charge in [-0.1, -0.05) is 141 Å². The van der Waals surface area contributed by atoms with Gasteiger partial charge in [0.25, 0.3) is 0 Å². The van der Waals surface area contributed by atoms with Crippen LogP contribution in [-0.4, -0.2) is 14.1 Å². The van der Waals surface area contributed by atoms with Crippen LogP contribution in [0.15, 0.2) is 206 Å².